The average molecular weight is 720 g/mol. The Morgan fingerprint density at radius 2 is 1.68 bits per heavy atom. The highest BCUT2D eigenvalue weighted by Crippen LogP contribution is 2.30. The van der Waals surface area contributed by atoms with Gasteiger partial charge in [0.15, 0.2) is 0 Å². The smallest absolute Gasteiger partial charge is 0.326 e. The van der Waals surface area contributed by atoms with E-state index in [2.05, 4.69) is 16.0 Å². The number of aliphatic carboxylic acids is 1. The molecule has 9 atom stereocenters. The van der Waals surface area contributed by atoms with E-state index in [9.17, 15) is 24.3 Å². The first-order valence-electron chi connectivity index (χ1n) is 17.8. The van der Waals surface area contributed by atoms with E-state index in [1.54, 1.807) is 40.1 Å². The number of nitrogens with one attached hydrogen (secondary N) is 3. The summed E-state index contributed by atoms with van der Waals surface area (Å²) in [5.41, 5.74) is 0.877. The van der Waals surface area contributed by atoms with Gasteiger partial charge in [0.2, 0.25) is 17.7 Å². The monoisotopic (exact) mass is 719 g/mol. The third-order valence-electron chi connectivity index (χ3n) is 10.2. The van der Waals surface area contributed by atoms with Crippen molar-refractivity contribution in [2.24, 2.45) is 17.8 Å². The lowest BCUT2D eigenvalue weighted by Crippen LogP contribution is -2.59. The second-order valence-corrected chi connectivity index (χ2v) is 14.4. The van der Waals surface area contributed by atoms with Crippen molar-refractivity contribution in [2.75, 3.05) is 34.9 Å². The van der Waals surface area contributed by atoms with Crippen molar-refractivity contribution >= 4 is 40.9 Å². The number of likely N-dealkylation sites (N-methyl/N-ethyl adjacent to an activating group) is 2. The molecule has 1 aromatic rings. The molecule has 282 valence electrons. The van der Waals surface area contributed by atoms with Crippen LogP contribution in [0.2, 0.25) is 0 Å². The first-order chi connectivity index (χ1) is 23.6. The molecule has 2 rings (SSSR count). The number of carbonyl (C=O) groups is 4. The molecular formula is C37H61N5O7S. The fourth-order valence-corrected chi connectivity index (χ4v) is 7.08. The second-order valence-electron chi connectivity index (χ2n) is 13.9. The number of hydrogen-bond donors (Lipinski definition) is 4. The number of likely N-dealkylation sites (tertiary alicyclic amines) is 1. The molecule has 50 heavy (non-hydrogen) atoms. The molecule has 0 spiro atoms. The molecule has 1 aromatic carbocycles. The van der Waals surface area contributed by atoms with Gasteiger partial charge in [-0.1, -0.05) is 83.6 Å². The van der Waals surface area contributed by atoms with E-state index in [1.807, 2.05) is 69.9 Å². The summed E-state index contributed by atoms with van der Waals surface area (Å²) >= 11 is 5.73. The van der Waals surface area contributed by atoms with Crippen LogP contribution in [0, 0.1) is 17.8 Å². The van der Waals surface area contributed by atoms with Crippen molar-refractivity contribution in [1.29, 1.82) is 0 Å². The number of hydrogen-bond acceptors (Lipinski definition) is 8. The van der Waals surface area contributed by atoms with Crippen LogP contribution in [0.15, 0.2) is 30.3 Å². The van der Waals surface area contributed by atoms with Crippen LogP contribution in [0.3, 0.4) is 0 Å². The van der Waals surface area contributed by atoms with Gasteiger partial charge in [0, 0.05) is 40.2 Å². The Morgan fingerprint density at radius 3 is 2.20 bits per heavy atom. The Bertz CT molecular complexity index is 1270. The lowest BCUT2D eigenvalue weighted by Gasteiger charge is -2.41. The summed E-state index contributed by atoms with van der Waals surface area (Å²) in [5.74, 6) is -2.19. The molecule has 1 aliphatic heterocycles. The Kier molecular flexibility index (Phi) is 17.8. The minimum atomic E-state index is -1.01. The number of nitrogens with zero attached hydrogens (tertiary/aromatic N) is 2. The number of benzene rings is 1. The van der Waals surface area contributed by atoms with Gasteiger partial charge in [-0.05, 0) is 44.2 Å². The fourth-order valence-electron chi connectivity index (χ4n) is 6.80. The Hall–Kier alpha value is -3.13. The van der Waals surface area contributed by atoms with Crippen LogP contribution in [0.5, 0.6) is 0 Å². The number of ether oxygens (including phenoxy) is 2. The molecule has 0 unspecified atom stereocenters. The third-order valence-corrected chi connectivity index (χ3v) is 10.7. The molecule has 1 fully saturated rings. The maximum atomic E-state index is 14.1. The third kappa shape index (κ3) is 11.4. The minimum absolute atomic E-state index is 0.0101. The van der Waals surface area contributed by atoms with Gasteiger partial charge in [0.25, 0.3) is 0 Å². The fraction of sp³-hybridized carbons (Fsp3) is 0.703. The van der Waals surface area contributed by atoms with E-state index in [0.717, 1.165) is 18.4 Å². The van der Waals surface area contributed by atoms with Gasteiger partial charge in [-0.25, -0.2) is 4.79 Å². The van der Waals surface area contributed by atoms with Crippen LogP contribution < -0.4 is 16.0 Å². The molecule has 0 aromatic heterocycles. The van der Waals surface area contributed by atoms with Crippen LogP contribution in [0.4, 0.5) is 0 Å². The molecule has 1 aliphatic rings. The van der Waals surface area contributed by atoms with Crippen LogP contribution in [0.25, 0.3) is 0 Å². The maximum Gasteiger partial charge on any atom is 0.326 e. The standard InChI is InChI=1S/C37H61N5O7S/c1-11-23(4)32(41(8)36(45)31(22(2)3)40-34(44)25(6)38-7)29(48-9)21-30(43)42-19-15-18-28(42)33(49-10)24(5)35(50)39-27(37(46)47)20-26-16-13-12-14-17-26/h12-14,16-17,22-25,27-29,31-33,38H,11,15,18-21H2,1-10H3,(H,39,50)(H,40,44)(H,46,47)/t23-,24+,25-,27-,28-,29+,31-,32-,33+/m0/s1. The Morgan fingerprint density at radius 1 is 1.04 bits per heavy atom. The minimum Gasteiger partial charge on any atom is -0.480 e. The predicted octanol–water partition coefficient (Wildman–Crippen LogP) is 3.27. The Labute approximate surface area is 304 Å². The number of carboxylic acid groups (broad SMARTS) is 1. The summed E-state index contributed by atoms with van der Waals surface area (Å²) in [6.07, 6.45) is 1.45. The van der Waals surface area contributed by atoms with E-state index >= 15 is 0 Å². The number of amides is 3. The molecule has 4 N–H and O–H groups in total. The van der Waals surface area contributed by atoms with E-state index in [4.69, 9.17) is 21.7 Å². The van der Waals surface area contributed by atoms with Gasteiger partial charge in [0.1, 0.15) is 12.1 Å². The second kappa shape index (κ2) is 20.7. The molecule has 1 saturated heterocycles. The van der Waals surface area contributed by atoms with Gasteiger partial charge < -0.3 is 40.3 Å². The van der Waals surface area contributed by atoms with E-state index in [0.29, 0.717) is 18.0 Å². The van der Waals surface area contributed by atoms with Gasteiger partial charge in [-0.3, -0.25) is 14.4 Å². The average Bonchev–Trinajstić information content (AvgIpc) is 3.59. The molecule has 0 saturated carbocycles. The van der Waals surface area contributed by atoms with Crippen LogP contribution in [-0.2, 0) is 35.1 Å². The first kappa shape index (κ1) is 43.0. The molecule has 0 aliphatic carbocycles. The number of rotatable bonds is 20. The number of thiocarbonyl (C=S) groups is 1. The number of carboxylic acids is 1. The highest BCUT2D eigenvalue weighted by Gasteiger charge is 2.42. The van der Waals surface area contributed by atoms with Crippen LogP contribution in [-0.4, -0.2) is 121 Å². The van der Waals surface area contributed by atoms with Crippen LogP contribution in [0.1, 0.15) is 72.8 Å². The molecule has 1 heterocycles. The van der Waals surface area contributed by atoms with Crippen molar-refractivity contribution in [3.8, 4) is 0 Å². The summed E-state index contributed by atoms with van der Waals surface area (Å²) in [7, 11) is 6.55. The van der Waals surface area contributed by atoms with Crippen molar-refractivity contribution in [2.45, 2.75) is 116 Å². The molecule has 12 nitrogen and oxygen atoms in total. The summed E-state index contributed by atoms with van der Waals surface area (Å²) in [6, 6.07) is 6.52. The van der Waals surface area contributed by atoms with Crippen molar-refractivity contribution in [3.63, 3.8) is 0 Å². The largest absolute Gasteiger partial charge is 0.480 e. The van der Waals surface area contributed by atoms with E-state index in [1.165, 1.54) is 0 Å². The lowest BCUT2D eigenvalue weighted by atomic mass is 9.89. The first-order valence-corrected chi connectivity index (χ1v) is 18.2. The molecule has 3 amide bonds. The van der Waals surface area contributed by atoms with Gasteiger partial charge >= 0.3 is 5.97 Å². The zero-order valence-corrected chi connectivity index (χ0v) is 32.4. The zero-order valence-electron chi connectivity index (χ0n) is 31.6. The van der Waals surface area contributed by atoms with Crippen molar-refractivity contribution in [1.82, 2.24) is 25.8 Å². The summed E-state index contributed by atoms with van der Waals surface area (Å²) in [4.78, 5) is 56.8. The van der Waals surface area contributed by atoms with Gasteiger partial charge in [-0.15, -0.1) is 0 Å². The van der Waals surface area contributed by atoms with E-state index < -0.39 is 42.3 Å². The zero-order chi connectivity index (χ0) is 37.7. The quantitative estimate of drug-likeness (QED) is 0.148. The summed E-state index contributed by atoms with van der Waals surface area (Å²) in [5, 5.41) is 18.8. The van der Waals surface area contributed by atoms with Gasteiger partial charge in [-0.2, -0.15) is 0 Å². The molecule has 0 bridgehead atoms. The molecule has 13 heteroatoms. The topological polar surface area (TPSA) is 150 Å². The highest BCUT2D eigenvalue weighted by atomic mass is 32.1. The van der Waals surface area contributed by atoms with Crippen LogP contribution >= 0.6 is 12.2 Å². The normalized spacial score (nSPS) is 19.4. The summed E-state index contributed by atoms with van der Waals surface area (Å²) < 4.78 is 12.0. The summed E-state index contributed by atoms with van der Waals surface area (Å²) in [6.45, 7) is 12.0. The maximum absolute atomic E-state index is 14.1. The molecule has 0 radical (unpaired) electrons. The highest BCUT2D eigenvalue weighted by molar-refractivity contribution is 7.80. The van der Waals surface area contributed by atoms with Crippen molar-refractivity contribution in [3.05, 3.63) is 35.9 Å². The number of methoxy groups -OCH3 is 2. The molecular weight excluding hydrogens is 659 g/mol. The number of carbonyl (C=O) groups excluding carboxylic acids is 3. The lowest BCUT2D eigenvalue weighted by molar-refractivity contribution is -0.146. The SMILES string of the molecule is CC[C@H](C)[C@@H]([C@@H](CC(=O)N1CCC[C@H]1[C@H](OC)[C@@H](C)C(=S)N[C@@H](Cc1ccccc1)C(=O)O)OC)N(C)C(=O)[C@@H](NC(=O)[C@H](C)NC)C(C)C. The van der Waals surface area contributed by atoms with Gasteiger partial charge in [0.05, 0.1) is 41.7 Å². The van der Waals surface area contributed by atoms with Crippen molar-refractivity contribution < 1.29 is 33.8 Å². The predicted molar refractivity (Wildman–Crippen MR) is 199 cm³/mol. The Balaban J connectivity index is 2.25. The van der Waals surface area contributed by atoms with E-state index in [-0.39, 0.29) is 54.4 Å².